The van der Waals surface area contributed by atoms with Crippen LogP contribution in [-0.4, -0.2) is 24.5 Å². The summed E-state index contributed by atoms with van der Waals surface area (Å²) in [6.07, 6.45) is -11.4. The zero-order valence-electron chi connectivity index (χ0n) is 10.7. The molecule has 0 unspecified atom stereocenters. The second kappa shape index (κ2) is 5.88. The van der Waals surface area contributed by atoms with Gasteiger partial charge in [-0.3, -0.25) is 0 Å². The molecule has 3 nitrogen and oxygen atoms in total. The molecule has 1 aliphatic carbocycles. The highest BCUT2D eigenvalue weighted by atomic mass is 19.4. The fourth-order valence-electron chi connectivity index (χ4n) is 1.68. The molecule has 0 radical (unpaired) electrons. The molecule has 0 amide bonds. The Hall–Kier alpha value is -1.22. The highest BCUT2D eigenvalue weighted by molar-refractivity contribution is 5.12. The lowest BCUT2D eigenvalue weighted by atomic mass is 10.3. The smallest absolute Gasteiger partial charge is 0.423 e. The van der Waals surface area contributed by atoms with Crippen LogP contribution in [0.15, 0.2) is 16.7 Å². The van der Waals surface area contributed by atoms with Crippen molar-refractivity contribution >= 4 is 0 Å². The van der Waals surface area contributed by atoms with Crippen LogP contribution in [0.25, 0.3) is 0 Å². The number of alkyl halides is 6. The lowest BCUT2D eigenvalue weighted by molar-refractivity contribution is -0.325. The molecule has 1 heterocycles. The van der Waals surface area contributed by atoms with E-state index < -0.39 is 25.1 Å². The Morgan fingerprint density at radius 3 is 2.33 bits per heavy atom. The first-order valence-electron chi connectivity index (χ1n) is 6.21. The third kappa shape index (κ3) is 4.92. The third-order valence-electron chi connectivity index (χ3n) is 2.87. The van der Waals surface area contributed by atoms with Crippen molar-refractivity contribution in [2.24, 2.45) is 0 Å². The molecule has 1 aromatic heterocycles. The summed E-state index contributed by atoms with van der Waals surface area (Å²) in [6.45, 7) is -0.441. The molecule has 120 valence electrons. The Bertz CT molecular complexity index is 449. The molecule has 0 spiro atoms. The van der Waals surface area contributed by atoms with Gasteiger partial charge in [0.15, 0.2) is 0 Å². The van der Waals surface area contributed by atoms with E-state index in [4.69, 9.17) is 4.42 Å². The van der Waals surface area contributed by atoms with Crippen LogP contribution in [0, 0.1) is 0 Å². The molecule has 1 aromatic rings. The number of nitrogens with one attached hydrogen (secondary N) is 1. The summed E-state index contributed by atoms with van der Waals surface area (Å²) >= 11 is 0. The van der Waals surface area contributed by atoms with E-state index in [2.05, 4.69) is 10.1 Å². The van der Waals surface area contributed by atoms with Gasteiger partial charge in [-0.2, -0.15) is 26.3 Å². The van der Waals surface area contributed by atoms with E-state index in [1.54, 1.807) is 0 Å². The molecule has 0 atom stereocenters. The second-order valence-electron chi connectivity index (χ2n) is 4.85. The van der Waals surface area contributed by atoms with E-state index in [-0.39, 0.29) is 5.76 Å². The zero-order chi connectivity index (χ0) is 15.7. The summed E-state index contributed by atoms with van der Waals surface area (Å²) in [6, 6.07) is 1.80. The Kier molecular flexibility index (Phi) is 4.52. The Balaban J connectivity index is 1.88. The number of rotatable bonds is 6. The van der Waals surface area contributed by atoms with Gasteiger partial charge in [0.1, 0.15) is 12.4 Å². The number of ether oxygens (including phenoxy) is 1. The Labute approximate surface area is 116 Å². The fourth-order valence-corrected chi connectivity index (χ4v) is 1.68. The van der Waals surface area contributed by atoms with Crippen LogP contribution in [-0.2, 0) is 17.9 Å². The van der Waals surface area contributed by atoms with Crippen molar-refractivity contribution in [3.63, 3.8) is 0 Å². The van der Waals surface area contributed by atoms with Gasteiger partial charge in [0.05, 0.1) is 6.26 Å². The van der Waals surface area contributed by atoms with Crippen LogP contribution in [0.3, 0.4) is 0 Å². The zero-order valence-corrected chi connectivity index (χ0v) is 10.7. The van der Waals surface area contributed by atoms with Crippen LogP contribution in [0.2, 0.25) is 0 Å². The van der Waals surface area contributed by atoms with Crippen LogP contribution in [0.1, 0.15) is 24.2 Å². The number of hydrogen-bond donors (Lipinski definition) is 1. The maximum Gasteiger partial charge on any atom is 0.423 e. The molecule has 0 bridgehead atoms. The molecular formula is C12H13F6NO2. The fraction of sp³-hybridized carbons (Fsp3) is 0.667. The maximum absolute atomic E-state index is 12.3. The van der Waals surface area contributed by atoms with Crippen molar-refractivity contribution in [2.75, 3.05) is 0 Å². The summed E-state index contributed by atoms with van der Waals surface area (Å²) in [4.78, 5) is 0. The first kappa shape index (κ1) is 16.2. The molecular weight excluding hydrogens is 304 g/mol. The van der Waals surface area contributed by atoms with E-state index >= 15 is 0 Å². The molecule has 0 saturated heterocycles. The monoisotopic (exact) mass is 317 g/mol. The van der Waals surface area contributed by atoms with Crippen LogP contribution >= 0.6 is 0 Å². The minimum atomic E-state index is -5.51. The van der Waals surface area contributed by atoms with Gasteiger partial charge in [0.25, 0.3) is 0 Å². The highest BCUT2D eigenvalue weighted by Gasteiger charge is 2.58. The van der Waals surface area contributed by atoms with Gasteiger partial charge >= 0.3 is 12.4 Å². The summed E-state index contributed by atoms with van der Waals surface area (Å²) in [5, 5.41) is 3.14. The normalized spacial score (nSPS) is 16.7. The Morgan fingerprint density at radius 2 is 1.81 bits per heavy atom. The SMILES string of the molecule is FC(F)(F)C(OCc1cc(CNC2CC2)co1)C(F)(F)F. The topological polar surface area (TPSA) is 34.4 Å². The van der Waals surface area contributed by atoms with Gasteiger partial charge < -0.3 is 14.5 Å². The molecule has 1 aliphatic rings. The second-order valence-corrected chi connectivity index (χ2v) is 4.85. The summed E-state index contributed by atoms with van der Waals surface area (Å²) in [7, 11) is 0. The molecule has 0 aliphatic heterocycles. The van der Waals surface area contributed by atoms with Crippen LogP contribution in [0.5, 0.6) is 0 Å². The quantitative estimate of drug-likeness (QED) is 0.815. The van der Waals surface area contributed by atoms with Crippen molar-refractivity contribution in [1.82, 2.24) is 5.32 Å². The van der Waals surface area contributed by atoms with E-state index in [1.165, 1.54) is 12.3 Å². The highest BCUT2D eigenvalue weighted by Crippen LogP contribution is 2.36. The Morgan fingerprint density at radius 1 is 1.19 bits per heavy atom. The lowest BCUT2D eigenvalue weighted by Gasteiger charge is -2.22. The third-order valence-corrected chi connectivity index (χ3v) is 2.87. The molecule has 1 saturated carbocycles. The molecule has 21 heavy (non-hydrogen) atoms. The first-order valence-corrected chi connectivity index (χ1v) is 6.21. The molecule has 9 heteroatoms. The average molecular weight is 317 g/mol. The number of furan rings is 1. The van der Waals surface area contributed by atoms with Gasteiger partial charge in [-0.1, -0.05) is 0 Å². The first-order chi connectivity index (χ1) is 9.66. The van der Waals surface area contributed by atoms with Gasteiger partial charge in [-0.05, 0) is 18.9 Å². The van der Waals surface area contributed by atoms with Gasteiger partial charge in [0, 0.05) is 18.2 Å². The number of hydrogen-bond acceptors (Lipinski definition) is 3. The predicted octanol–water partition coefficient (Wildman–Crippen LogP) is 3.54. The van der Waals surface area contributed by atoms with Gasteiger partial charge in [-0.15, -0.1) is 0 Å². The van der Waals surface area contributed by atoms with Gasteiger partial charge in [0.2, 0.25) is 6.10 Å². The largest absolute Gasteiger partial charge is 0.467 e. The van der Waals surface area contributed by atoms with E-state index in [9.17, 15) is 26.3 Å². The van der Waals surface area contributed by atoms with Crippen molar-refractivity contribution < 1.29 is 35.5 Å². The summed E-state index contributed by atoms with van der Waals surface area (Å²) in [5.41, 5.74) is 0.649. The minimum absolute atomic E-state index is 0.0823. The predicted molar refractivity (Wildman–Crippen MR) is 59.3 cm³/mol. The van der Waals surface area contributed by atoms with Crippen LogP contribution in [0.4, 0.5) is 26.3 Å². The van der Waals surface area contributed by atoms with E-state index in [0.717, 1.165) is 12.8 Å². The van der Waals surface area contributed by atoms with Crippen LogP contribution < -0.4 is 5.32 Å². The standard InChI is InChI=1S/C12H13F6NO2/c13-11(14,15)10(12(16,17)18)21-6-9-3-7(5-20-9)4-19-8-1-2-8/h3,5,8,10,19H,1-2,4,6H2. The van der Waals surface area contributed by atoms with Crippen molar-refractivity contribution in [1.29, 1.82) is 0 Å². The molecule has 0 aromatic carbocycles. The molecule has 2 rings (SSSR count). The minimum Gasteiger partial charge on any atom is -0.467 e. The van der Waals surface area contributed by atoms with E-state index in [0.29, 0.717) is 18.2 Å². The number of halogens is 6. The van der Waals surface area contributed by atoms with E-state index in [1.807, 2.05) is 0 Å². The lowest BCUT2D eigenvalue weighted by Crippen LogP contribution is -2.44. The summed E-state index contributed by atoms with van der Waals surface area (Å²) < 4.78 is 82.4. The molecule has 1 N–H and O–H groups in total. The van der Waals surface area contributed by atoms with Gasteiger partial charge in [-0.25, -0.2) is 0 Å². The summed E-state index contributed by atoms with van der Waals surface area (Å²) in [5.74, 6) is -0.0823. The van der Waals surface area contributed by atoms with Crippen molar-refractivity contribution in [3.8, 4) is 0 Å². The maximum atomic E-state index is 12.3. The van der Waals surface area contributed by atoms with Crippen molar-refractivity contribution in [2.45, 2.75) is 50.5 Å². The molecule has 1 fully saturated rings. The van der Waals surface area contributed by atoms with Crippen molar-refractivity contribution in [3.05, 3.63) is 23.7 Å². The average Bonchev–Trinajstić information content (AvgIpc) is 3.03.